The quantitative estimate of drug-likeness (QED) is 0.577. The first kappa shape index (κ1) is 7.86. The maximum Gasteiger partial charge on any atom is 0.110 e. The fourth-order valence-electron chi connectivity index (χ4n) is 0.727. The summed E-state index contributed by atoms with van der Waals surface area (Å²) < 4.78 is 1.73. The molecule has 0 bridgehead atoms. The van der Waals surface area contributed by atoms with E-state index in [9.17, 15) is 0 Å². The van der Waals surface area contributed by atoms with E-state index in [2.05, 4.69) is 5.41 Å². The average molecular weight is 224 g/mol. The minimum Gasteiger partial charge on any atom is -0.130 e. The highest BCUT2D eigenvalue weighted by molar-refractivity contribution is 8.54. The van der Waals surface area contributed by atoms with Gasteiger partial charge in [-0.3, -0.25) is 0 Å². The van der Waals surface area contributed by atoms with Gasteiger partial charge in [0.2, 0.25) is 0 Å². The predicted octanol–water partition coefficient (Wildman–Crippen LogP) is 3.36. The molecule has 2 heterocycles. The minimum atomic E-state index is 0.638. The number of thioether (sulfide) groups is 4. The zero-order chi connectivity index (χ0) is 6.97. The van der Waals surface area contributed by atoms with E-state index in [1.165, 1.54) is 9.99 Å². The number of rotatable bonds is 0. The highest BCUT2D eigenvalue weighted by atomic mass is 32.3. The van der Waals surface area contributed by atoms with E-state index in [4.69, 9.17) is 12.2 Å². The van der Waals surface area contributed by atoms with Crippen molar-refractivity contribution in [2.75, 3.05) is 5.08 Å². The second-order valence-corrected chi connectivity index (χ2v) is 7.77. The van der Waals surface area contributed by atoms with Crippen molar-refractivity contribution >= 4 is 62.8 Å². The van der Waals surface area contributed by atoms with E-state index in [0.717, 1.165) is 3.53 Å². The van der Waals surface area contributed by atoms with Gasteiger partial charge in [0.1, 0.15) is 3.53 Å². The van der Waals surface area contributed by atoms with Crippen molar-refractivity contribution in [2.45, 2.75) is 4.58 Å². The van der Waals surface area contributed by atoms with Crippen LogP contribution in [0.2, 0.25) is 0 Å². The van der Waals surface area contributed by atoms with Crippen LogP contribution < -0.4 is 0 Å². The van der Waals surface area contributed by atoms with Crippen molar-refractivity contribution < 1.29 is 0 Å². The number of thiocarbonyl (C=S) groups is 1. The smallest absolute Gasteiger partial charge is 0.110 e. The van der Waals surface area contributed by atoms with Gasteiger partial charge < -0.3 is 0 Å². The molecule has 2 aliphatic heterocycles. The second kappa shape index (κ2) is 3.31. The van der Waals surface area contributed by atoms with E-state index < -0.39 is 0 Å². The topological polar surface area (TPSA) is 0 Å². The average Bonchev–Trinajstić information content (AvgIpc) is 2.27. The fraction of sp³-hybridized carbons (Fsp3) is 0.400. The molecule has 1 unspecified atom stereocenters. The summed E-state index contributed by atoms with van der Waals surface area (Å²) in [6, 6.07) is 0. The summed E-state index contributed by atoms with van der Waals surface area (Å²) >= 11 is 12.6. The normalized spacial score (nSPS) is 31.8. The lowest BCUT2D eigenvalue weighted by Gasteiger charge is -2.12. The van der Waals surface area contributed by atoms with E-state index in [1.54, 1.807) is 11.8 Å². The molecular weight excluding hydrogens is 220 g/mol. The Hall–Kier alpha value is 1.23. The molecule has 0 amide bonds. The molecule has 0 aromatic carbocycles. The Labute approximate surface area is 82.3 Å². The molecule has 0 aromatic heterocycles. The molecule has 0 spiro atoms. The Morgan fingerprint density at radius 1 is 1.60 bits per heavy atom. The van der Waals surface area contributed by atoms with E-state index in [0.29, 0.717) is 4.58 Å². The Kier molecular flexibility index (Phi) is 2.60. The van der Waals surface area contributed by atoms with Crippen molar-refractivity contribution in [2.24, 2.45) is 0 Å². The fourth-order valence-corrected chi connectivity index (χ4v) is 6.97. The molecule has 0 nitrogen and oxygen atoms in total. The van der Waals surface area contributed by atoms with Gasteiger partial charge in [0.15, 0.2) is 0 Å². The van der Waals surface area contributed by atoms with E-state index >= 15 is 0 Å². The standard InChI is InChI=1S/C5H4S5/c6-5-9-3-1-7-2-8-4(3)10-5/h1,4H,2H2. The Morgan fingerprint density at radius 3 is 3.30 bits per heavy atom. The Morgan fingerprint density at radius 2 is 2.50 bits per heavy atom. The number of hydrogen-bond acceptors (Lipinski definition) is 5. The summed E-state index contributed by atoms with van der Waals surface area (Å²) in [5, 5.41) is 3.43. The molecule has 1 atom stereocenters. The van der Waals surface area contributed by atoms with Gasteiger partial charge in [0.05, 0.1) is 4.58 Å². The third-order valence-electron chi connectivity index (χ3n) is 1.12. The zero-order valence-electron chi connectivity index (χ0n) is 4.90. The van der Waals surface area contributed by atoms with Crippen LogP contribution in [-0.2, 0) is 0 Å². The minimum absolute atomic E-state index is 0.638. The summed E-state index contributed by atoms with van der Waals surface area (Å²) in [6.45, 7) is 0. The van der Waals surface area contributed by atoms with Gasteiger partial charge in [-0.2, -0.15) is 0 Å². The molecule has 2 aliphatic rings. The van der Waals surface area contributed by atoms with Crippen LogP contribution in [0, 0.1) is 0 Å². The van der Waals surface area contributed by atoms with E-state index in [1.807, 2.05) is 35.3 Å². The molecule has 10 heavy (non-hydrogen) atoms. The molecule has 0 N–H and O–H groups in total. The molecule has 2 rings (SSSR count). The lowest BCUT2D eigenvalue weighted by Crippen LogP contribution is -1.96. The summed E-state index contributed by atoms with van der Waals surface area (Å²) in [4.78, 5) is 1.45. The van der Waals surface area contributed by atoms with Gasteiger partial charge in [-0.1, -0.05) is 35.7 Å². The largest absolute Gasteiger partial charge is 0.130 e. The lowest BCUT2D eigenvalue weighted by molar-refractivity contribution is 1.63. The van der Waals surface area contributed by atoms with Crippen LogP contribution in [0.5, 0.6) is 0 Å². The van der Waals surface area contributed by atoms with Gasteiger partial charge in [-0.15, -0.1) is 23.5 Å². The number of hydrogen-bond donors (Lipinski definition) is 0. The van der Waals surface area contributed by atoms with Crippen LogP contribution in [0.4, 0.5) is 0 Å². The number of fused-ring (bicyclic) bond motifs is 1. The van der Waals surface area contributed by atoms with E-state index in [-0.39, 0.29) is 0 Å². The SMILES string of the molecule is S=C1SC2=CSCSC2S1. The summed E-state index contributed by atoms with van der Waals surface area (Å²) in [5.41, 5.74) is 0. The zero-order valence-corrected chi connectivity index (χ0v) is 8.99. The van der Waals surface area contributed by atoms with Crippen molar-refractivity contribution in [3.05, 3.63) is 10.3 Å². The molecule has 0 radical (unpaired) electrons. The van der Waals surface area contributed by atoms with Crippen LogP contribution in [-0.4, -0.2) is 13.2 Å². The van der Waals surface area contributed by atoms with Crippen LogP contribution in [0.3, 0.4) is 0 Å². The van der Waals surface area contributed by atoms with Gasteiger partial charge in [0.25, 0.3) is 0 Å². The lowest BCUT2D eigenvalue weighted by atomic mass is 10.7. The van der Waals surface area contributed by atoms with Crippen molar-refractivity contribution in [3.63, 3.8) is 0 Å². The molecule has 0 aromatic rings. The maximum absolute atomic E-state index is 5.10. The first-order chi connectivity index (χ1) is 4.86. The molecular formula is C5H4S5. The first-order valence-electron chi connectivity index (χ1n) is 2.68. The Balaban J connectivity index is 2.20. The third-order valence-corrected chi connectivity index (χ3v) is 6.83. The molecule has 0 saturated carbocycles. The highest BCUT2D eigenvalue weighted by Crippen LogP contribution is 2.51. The second-order valence-electron chi connectivity index (χ2n) is 1.77. The molecule has 1 saturated heterocycles. The highest BCUT2D eigenvalue weighted by Gasteiger charge is 2.28. The molecule has 54 valence electrons. The Bertz CT molecular complexity index is 196. The van der Waals surface area contributed by atoms with Crippen LogP contribution >= 0.6 is 59.3 Å². The summed E-state index contributed by atoms with van der Waals surface area (Å²) in [5.74, 6) is 0. The van der Waals surface area contributed by atoms with Crippen LogP contribution in [0.15, 0.2) is 10.3 Å². The summed E-state index contributed by atoms with van der Waals surface area (Å²) in [7, 11) is 0. The van der Waals surface area contributed by atoms with Crippen LogP contribution in [0.25, 0.3) is 0 Å². The van der Waals surface area contributed by atoms with Gasteiger partial charge >= 0.3 is 0 Å². The van der Waals surface area contributed by atoms with Crippen LogP contribution in [0.1, 0.15) is 0 Å². The van der Waals surface area contributed by atoms with Crippen molar-refractivity contribution in [3.8, 4) is 0 Å². The predicted molar refractivity (Wildman–Crippen MR) is 59.7 cm³/mol. The molecule has 5 heteroatoms. The van der Waals surface area contributed by atoms with Gasteiger partial charge in [-0.25, -0.2) is 0 Å². The molecule has 0 aliphatic carbocycles. The van der Waals surface area contributed by atoms with Gasteiger partial charge in [-0.05, 0) is 5.41 Å². The van der Waals surface area contributed by atoms with Crippen molar-refractivity contribution in [1.82, 2.24) is 0 Å². The maximum atomic E-state index is 5.10. The third kappa shape index (κ3) is 1.53. The van der Waals surface area contributed by atoms with Gasteiger partial charge in [0, 0.05) is 9.99 Å². The monoisotopic (exact) mass is 224 g/mol. The van der Waals surface area contributed by atoms with Crippen molar-refractivity contribution in [1.29, 1.82) is 0 Å². The summed E-state index contributed by atoms with van der Waals surface area (Å²) in [6.07, 6.45) is 0. The molecule has 1 fully saturated rings. The first-order valence-corrected chi connectivity index (χ1v) is 6.88.